The number of carbonyl (C=O) groups is 2. The molecule has 0 bridgehead atoms. The Balaban J connectivity index is 2.80. The first-order valence-electron chi connectivity index (χ1n) is 7.12. The highest BCUT2D eigenvalue weighted by Crippen LogP contribution is 2.19. The number of hydrogen-bond acceptors (Lipinski definition) is 3. The van der Waals surface area contributed by atoms with E-state index < -0.39 is 0 Å². The Hall–Kier alpha value is -1.10. The molecule has 1 rings (SSSR count). The van der Waals surface area contributed by atoms with Gasteiger partial charge in [-0.2, -0.15) is 0 Å². The van der Waals surface area contributed by atoms with Gasteiger partial charge in [0.05, 0.1) is 0 Å². The van der Waals surface area contributed by atoms with Crippen molar-refractivity contribution in [3.63, 3.8) is 0 Å². The molecule has 0 aromatic rings. The minimum atomic E-state index is -0.352. The van der Waals surface area contributed by atoms with Gasteiger partial charge in [-0.05, 0) is 18.8 Å². The number of methoxy groups -OCH3 is 1. The van der Waals surface area contributed by atoms with Gasteiger partial charge in [-0.25, -0.2) is 0 Å². The molecule has 2 atom stereocenters. The summed E-state index contributed by atoms with van der Waals surface area (Å²) in [4.78, 5) is 26.4. The average molecular weight is 270 g/mol. The van der Waals surface area contributed by atoms with E-state index in [4.69, 9.17) is 4.74 Å². The van der Waals surface area contributed by atoms with Crippen LogP contribution in [0.15, 0.2) is 0 Å². The molecule has 1 aliphatic rings. The van der Waals surface area contributed by atoms with Gasteiger partial charge < -0.3 is 15.0 Å². The zero-order valence-electron chi connectivity index (χ0n) is 12.4. The highest BCUT2D eigenvalue weighted by molar-refractivity contribution is 5.97. The van der Waals surface area contributed by atoms with E-state index in [1.807, 2.05) is 20.8 Å². The SMILES string of the molecule is CCCC1NC(=O)C(C(C)C)N(CCCOC)C1=O. The third kappa shape index (κ3) is 3.93. The molecule has 2 unspecified atom stereocenters. The Labute approximate surface area is 115 Å². The lowest BCUT2D eigenvalue weighted by molar-refractivity contribution is -0.151. The fraction of sp³-hybridized carbons (Fsp3) is 0.857. The van der Waals surface area contributed by atoms with Crippen LogP contribution in [0.2, 0.25) is 0 Å². The minimum Gasteiger partial charge on any atom is -0.385 e. The van der Waals surface area contributed by atoms with Gasteiger partial charge in [-0.1, -0.05) is 27.2 Å². The third-order valence-corrected chi connectivity index (χ3v) is 3.46. The number of amides is 2. The second-order valence-electron chi connectivity index (χ2n) is 5.42. The van der Waals surface area contributed by atoms with Gasteiger partial charge in [-0.15, -0.1) is 0 Å². The second kappa shape index (κ2) is 7.48. The van der Waals surface area contributed by atoms with Crippen molar-refractivity contribution in [3.8, 4) is 0 Å². The van der Waals surface area contributed by atoms with Crippen LogP contribution in [0.3, 0.4) is 0 Å². The molecule has 0 aromatic carbocycles. The van der Waals surface area contributed by atoms with E-state index in [9.17, 15) is 9.59 Å². The molecule has 19 heavy (non-hydrogen) atoms. The fourth-order valence-electron chi connectivity index (χ4n) is 2.57. The summed E-state index contributed by atoms with van der Waals surface area (Å²) in [7, 11) is 1.64. The third-order valence-electron chi connectivity index (χ3n) is 3.46. The summed E-state index contributed by atoms with van der Waals surface area (Å²) < 4.78 is 5.03. The maximum absolute atomic E-state index is 12.4. The Morgan fingerprint density at radius 2 is 2.05 bits per heavy atom. The van der Waals surface area contributed by atoms with E-state index in [1.54, 1.807) is 12.0 Å². The highest BCUT2D eigenvalue weighted by atomic mass is 16.5. The molecular weight excluding hydrogens is 244 g/mol. The highest BCUT2D eigenvalue weighted by Gasteiger charge is 2.40. The maximum Gasteiger partial charge on any atom is 0.245 e. The molecule has 1 N–H and O–H groups in total. The lowest BCUT2D eigenvalue weighted by Gasteiger charge is -2.40. The predicted molar refractivity (Wildman–Crippen MR) is 73.7 cm³/mol. The first-order valence-corrected chi connectivity index (χ1v) is 7.12. The number of ether oxygens (including phenoxy) is 1. The summed E-state index contributed by atoms with van der Waals surface area (Å²) in [6.45, 7) is 7.16. The molecule has 1 heterocycles. The number of piperazine rings is 1. The number of carbonyl (C=O) groups excluding carboxylic acids is 2. The monoisotopic (exact) mass is 270 g/mol. The van der Waals surface area contributed by atoms with Crippen molar-refractivity contribution < 1.29 is 14.3 Å². The predicted octanol–water partition coefficient (Wildman–Crippen LogP) is 1.17. The summed E-state index contributed by atoms with van der Waals surface area (Å²) >= 11 is 0. The summed E-state index contributed by atoms with van der Waals surface area (Å²) in [6.07, 6.45) is 2.35. The molecular formula is C14H26N2O3. The molecule has 1 saturated heterocycles. The van der Waals surface area contributed by atoms with Gasteiger partial charge in [0, 0.05) is 20.3 Å². The van der Waals surface area contributed by atoms with Crippen LogP contribution in [0.1, 0.15) is 40.0 Å². The summed E-state index contributed by atoms with van der Waals surface area (Å²) in [6, 6.07) is -0.701. The van der Waals surface area contributed by atoms with E-state index in [0.717, 1.165) is 12.8 Å². The van der Waals surface area contributed by atoms with Gasteiger partial charge in [-0.3, -0.25) is 9.59 Å². The van der Waals surface area contributed by atoms with Crippen molar-refractivity contribution in [2.75, 3.05) is 20.3 Å². The fourth-order valence-corrected chi connectivity index (χ4v) is 2.57. The van der Waals surface area contributed by atoms with Crippen LogP contribution in [-0.2, 0) is 14.3 Å². The van der Waals surface area contributed by atoms with Gasteiger partial charge >= 0.3 is 0 Å². The van der Waals surface area contributed by atoms with Crippen LogP contribution in [0.25, 0.3) is 0 Å². The van der Waals surface area contributed by atoms with Crippen molar-refractivity contribution in [1.82, 2.24) is 10.2 Å². The Bertz CT molecular complexity index is 318. The summed E-state index contributed by atoms with van der Waals surface area (Å²) in [5.41, 5.74) is 0. The zero-order chi connectivity index (χ0) is 14.4. The van der Waals surface area contributed by atoms with Gasteiger partial charge in [0.15, 0.2) is 0 Å². The average Bonchev–Trinajstić information content (AvgIpc) is 2.34. The van der Waals surface area contributed by atoms with Crippen molar-refractivity contribution in [2.24, 2.45) is 5.92 Å². The topological polar surface area (TPSA) is 58.6 Å². The first kappa shape index (κ1) is 16.0. The molecule has 0 spiro atoms. The van der Waals surface area contributed by atoms with E-state index in [-0.39, 0.29) is 29.8 Å². The van der Waals surface area contributed by atoms with Crippen LogP contribution in [0.4, 0.5) is 0 Å². The Morgan fingerprint density at radius 1 is 1.37 bits per heavy atom. The molecule has 110 valence electrons. The lowest BCUT2D eigenvalue weighted by atomic mass is 9.95. The van der Waals surface area contributed by atoms with Crippen molar-refractivity contribution >= 4 is 11.8 Å². The molecule has 1 aliphatic heterocycles. The quantitative estimate of drug-likeness (QED) is 0.707. The number of nitrogens with one attached hydrogen (secondary N) is 1. The summed E-state index contributed by atoms with van der Waals surface area (Å²) in [5, 5.41) is 2.86. The smallest absolute Gasteiger partial charge is 0.245 e. The minimum absolute atomic E-state index is 0.0227. The van der Waals surface area contributed by atoms with Crippen LogP contribution in [0, 0.1) is 5.92 Å². The van der Waals surface area contributed by atoms with E-state index >= 15 is 0 Å². The van der Waals surface area contributed by atoms with Crippen molar-refractivity contribution in [1.29, 1.82) is 0 Å². The second-order valence-corrected chi connectivity index (χ2v) is 5.42. The van der Waals surface area contributed by atoms with Crippen LogP contribution in [-0.4, -0.2) is 49.1 Å². The Morgan fingerprint density at radius 3 is 2.58 bits per heavy atom. The molecule has 2 amide bonds. The van der Waals surface area contributed by atoms with E-state index in [1.165, 1.54) is 0 Å². The van der Waals surface area contributed by atoms with Gasteiger partial charge in [0.25, 0.3) is 0 Å². The summed E-state index contributed by atoms with van der Waals surface area (Å²) in [5.74, 6) is 0.149. The number of hydrogen-bond donors (Lipinski definition) is 1. The molecule has 0 radical (unpaired) electrons. The maximum atomic E-state index is 12.4. The normalized spacial score (nSPS) is 23.9. The van der Waals surface area contributed by atoms with Crippen LogP contribution < -0.4 is 5.32 Å². The molecule has 0 aliphatic carbocycles. The van der Waals surface area contributed by atoms with Crippen molar-refractivity contribution in [3.05, 3.63) is 0 Å². The molecule has 5 nitrogen and oxygen atoms in total. The molecule has 5 heteroatoms. The lowest BCUT2D eigenvalue weighted by Crippen LogP contribution is -2.64. The first-order chi connectivity index (χ1) is 9.02. The van der Waals surface area contributed by atoms with Gasteiger partial charge in [0.2, 0.25) is 11.8 Å². The molecule has 0 saturated carbocycles. The van der Waals surface area contributed by atoms with Crippen molar-refractivity contribution in [2.45, 2.75) is 52.1 Å². The van der Waals surface area contributed by atoms with Crippen LogP contribution in [0.5, 0.6) is 0 Å². The van der Waals surface area contributed by atoms with E-state index in [0.29, 0.717) is 19.6 Å². The number of rotatable bonds is 7. The standard InChI is InChI=1S/C14H26N2O3/c1-5-7-11-14(18)16(8-6-9-19-4)12(10(2)3)13(17)15-11/h10-12H,5-9H2,1-4H3,(H,15,17). The molecule has 0 aromatic heterocycles. The van der Waals surface area contributed by atoms with E-state index in [2.05, 4.69) is 5.32 Å². The van der Waals surface area contributed by atoms with Crippen LogP contribution >= 0.6 is 0 Å². The zero-order valence-corrected chi connectivity index (χ0v) is 12.4. The number of nitrogens with zero attached hydrogens (tertiary/aromatic N) is 1. The largest absolute Gasteiger partial charge is 0.385 e. The molecule has 1 fully saturated rings. The van der Waals surface area contributed by atoms with Gasteiger partial charge in [0.1, 0.15) is 12.1 Å². The Kier molecular flexibility index (Phi) is 6.28.